The number of rotatable bonds is 5. The Hall–Kier alpha value is 0.520. The van der Waals surface area contributed by atoms with Gasteiger partial charge in [-0.25, -0.2) is 0 Å². The lowest BCUT2D eigenvalue weighted by atomic mass is 10.4. The number of nitrogens with one attached hydrogen (secondary N) is 1. The maximum absolute atomic E-state index is 5.90. The van der Waals surface area contributed by atoms with Crippen molar-refractivity contribution in [2.24, 2.45) is 11.7 Å². The molecule has 0 aromatic heterocycles. The van der Waals surface area contributed by atoms with E-state index in [0.29, 0.717) is 0 Å². The molecule has 3 N–H and O–H groups in total. The summed E-state index contributed by atoms with van der Waals surface area (Å²) in [6, 6.07) is 0. The molecule has 0 heterocycles. The van der Waals surface area contributed by atoms with Gasteiger partial charge in [-0.1, -0.05) is 6.92 Å². The fourth-order valence-corrected chi connectivity index (χ4v) is 3.39. The van der Waals surface area contributed by atoms with Gasteiger partial charge in [0.15, 0.2) is 0 Å². The predicted molar refractivity (Wildman–Crippen MR) is 59.3 cm³/mol. The Bertz CT molecular complexity index is 141. The van der Waals surface area contributed by atoms with E-state index in [4.69, 9.17) is 5.73 Å². The molecule has 1 aliphatic carbocycles. The topological polar surface area (TPSA) is 38.0 Å². The van der Waals surface area contributed by atoms with E-state index in [1.807, 2.05) is 0 Å². The Labute approximate surface area is 78.7 Å². The highest BCUT2D eigenvalue weighted by molar-refractivity contribution is 14.2. The first-order valence-corrected chi connectivity index (χ1v) is 6.87. The number of hydrogen-bond donors (Lipinski definition) is 2. The summed E-state index contributed by atoms with van der Waals surface area (Å²) in [7, 11) is 0. The molecule has 0 atom stereocenters. The molecule has 1 rings (SSSR count). The van der Waals surface area contributed by atoms with Gasteiger partial charge in [0, 0.05) is 14.6 Å². The van der Waals surface area contributed by atoms with Crippen LogP contribution in [0.25, 0.3) is 0 Å². The minimum Gasteiger partial charge on any atom is -0.316 e. The van der Waals surface area contributed by atoms with Crippen LogP contribution in [-0.2, 0) is 0 Å². The molecular weight excluding hydrogens is 251 g/mol. The van der Waals surface area contributed by atoms with E-state index >= 15 is 0 Å². The van der Waals surface area contributed by atoms with Gasteiger partial charge in [0.1, 0.15) is 0 Å². The van der Waals surface area contributed by atoms with Crippen molar-refractivity contribution in [3.63, 3.8) is 0 Å². The van der Waals surface area contributed by atoms with E-state index in [1.54, 1.807) is 0 Å². The van der Waals surface area contributed by atoms with Crippen LogP contribution in [0.4, 0.5) is 0 Å². The Morgan fingerprint density at radius 2 is 2.36 bits per heavy atom. The number of alkyl halides is 1. The SMILES string of the molecule is CCNCCI=C(N)C1CC1. The van der Waals surface area contributed by atoms with Gasteiger partial charge in [0.2, 0.25) is 0 Å². The van der Waals surface area contributed by atoms with Crippen LogP contribution in [-0.4, -0.2) is 21.1 Å². The summed E-state index contributed by atoms with van der Waals surface area (Å²) >= 11 is 0.204. The van der Waals surface area contributed by atoms with Crippen molar-refractivity contribution in [1.29, 1.82) is 0 Å². The highest BCUT2D eigenvalue weighted by atomic mass is 127. The molecule has 0 saturated heterocycles. The van der Waals surface area contributed by atoms with E-state index in [0.717, 1.165) is 19.0 Å². The van der Waals surface area contributed by atoms with E-state index in [-0.39, 0.29) is 20.7 Å². The van der Waals surface area contributed by atoms with Gasteiger partial charge in [-0.2, -0.15) is 0 Å². The molecule has 0 unspecified atom stereocenters. The molecule has 0 spiro atoms. The lowest BCUT2D eigenvalue weighted by Crippen LogP contribution is -2.17. The van der Waals surface area contributed by atoms with Gasteiger partial charge in [-0.05, 0) is 25.3 Å². The van der Waals surface area contributed by atoms with Gasteiger partial charge in [-0.3, -0.25) is 0 Å². The monoisotopic (exact) mass is 268 g/mol. The zero-order chi connectivity index (χ0) is 8.10. The smallest absolute Gasteiger partial charge is 0.0216 e. The van der Waals surface area contributed by atoms with Crippen molar-refractivity contribution >= 4 is 24.4 Å². The predicted octanol–water partition coefficient (Wildman–Crippen LogP) is 1.07. The van der Waals surface area contributed by atoms with Crippen molar-refractivity contribution in [2.45, 2.75) is 19.8 Å². The van der Waals surface area contributed by atoms with Crippen LogP contribution in [0.2, 0.25) is 0 Å². The van der Waals surface area contributed by atoms with Gasteiger partial charge < -0.3 is 11.1 Å². The Morgan fingerprint density at radius 1 is 1.64 bits per heavy atom. The molecule has 1 fully saturated rings. The molecule has 11 heavy (non-hydrogen) atoms. The van der Waals surface area contributed by atoms with Crippen molar-refractivity contribution in [2.75, 3.05) is 17.5 Å². The second-order valence-electron chi connectivity index (χ2n) is 2.84. The molecule has 0 amide bonds. The minimum atomic E-state index is 0.204. The summed E-state index contributed by atoms with van der Waals surface area (Å²) in [5, 5.41) is 3.32. The average molecular weight is 268 g/mol. The van der Waals surface area contributed by atoms with Gasteiger partial charge >= 0.3 is 0 Å². The normalized spacial score (nSPS) is 19.6. The summed E-state index contributed by atoms with van der Waals surface area (Å²) in [5.74, 6) is 0.837. The van der Waals surface area contributed by atoms with Gasteiger partial charge in [-0.15, -0.1) is 20.7 Å². The second kappa shape index (κ2) is 5.22. The standard InChI is InChI=1S/C8H17IN2/c1-2-11-6-5-9-8(10)7-3-4-7/h7,11H,2-6,10H2,1H3. The number of hydrogen-bond acceptors (Lipinski definition) is 2. The summed E-state index contributed by atoms with van der Waals surface area (Å²) in [4.78, 5) is 0. The lowest BCUT2D eigenvalue weighted by Gasteiger charge is -1.98. The molecule has 0 aromatic carbocycles. The van der Waals surface area contributed by atoms with E-state index in [9.17, 15) is 0 Å². The quantitative estimate of drug-likeness (QED) is 0.444. The summed E-state index contributed by atoms with van der Waals surface area (Å²) < 4.78 is 2.66. The second-order valence-corrected chi connectivity index (χ2v) is 5.92. The minimum absolute atomic E-state index is 0.204. The Balaban J connectivity index is 2.02. The first-order chi connectivity index (χ1) is 5.34. The molecule has 1 aliphatic rings. The molecule has 1 saturated carbocycles. The van der Waals surface area contributed by atoms with Crippen LogP contribution in [0.1, 0.15) is 19.8 Å². The van der Waals surface area contributed by atoms with Crippen LogP contribution in [0, 0.1) is 5.92 Å². The number of halogens is 1. The Kier molecular flexibility index (Phi) is 4.56. The highest BCUT2D eigenvalue weighted by Gasteiger charge is 2.23. The fourth-order valence-electron chi connectivity index (χ4n) is 0.868. The van der Waals surface area contributed by atoms with Gasteiger partial charge in [0.25, 0.3) is 0 Å². The third-order valence-electron chi connectivity index (χ3n) is 1.74. The molecule has 3 heteroatoms. The molecule has 0 bridgehead atoms. The third kappa shape index (κ3) is 4.18. The van der Waals surface area contributed by atoms with Crippen molar-refractivity contribution < 1.29 is 0 Å². The van der Waals surface area contributed by atoms with Crippen LogP contribution in [0.15, 0.2) is 0 Å². The fraction of sp³-hybridized carbons (Fsp3) is 0.875. The first kappa shape index (κ1) is 9.61. The van der Waals surface area contributed by atoms with E-state index in [1.165, 1.54) is 20.9 Å². The maximum Gasteiger partial charge on any atom is 0.0216 e. The van der Waals surface area contributed by atoms with Crippen molar-refractivity contribution in [1.82, 2.24) is 5.32 Å². The zero-order valence-electron chi connectivity index (χ0n) is 7.07. The van der Waals surface area contributed by atoms with Crippen LogP contribution in [0.5, 0.6) is 0 Å². The van der Waals surface area contributed by atoms with Gasteiger partial charge in [0.05, 0.1) is 0 Å². The molecule has 2 nitrogen and oxygen atoms in total. The summed E-state index contributed by atoms with van der Waals surface area (Å²) in [6.45, 7) is 4.40. The third-order valence-corrected chi connectivity index (χ3v) is 4.58. The Morgan fingerprint density at radius 3 is 2.91 bits per heavy atom. The molecule has 0 aliphatic heterocycles. The lowest BCUT2D eigenvalue weighted by molar-refractivity contribution is 0.773. The maximum atomic E-state index is 5.90. The van der Waals surface area contributed by atoms with Crippen LogP contribution in [0.3, 0.4) is 0 Å². The largest absolute Gasteiger partial charge is 0.316 e. The van der Waals surface area contributed by atoms with Crippen LogP contribution >= 0.6 is 20.7 Å². The first-order valence-electron chi connectivity index (χ1n) is 4.26. The molecule has 0 aromatic rings. The summed E-state index contributed by atoms with van der Waals surface area (Å²) in [6.07, 6.45) is 2.74. The zero-order valence-corrected chi connectivity index (χ0v) is 9.23. The molecule has 0 radical (unpaired) electrons. The number of nitrogens with two attached hydrogens (primary N) is 1. The average Bonchev–Trinajstić information content (AvgIpc) is 2.79. The molecular formula is C8H17IN2. The van der Waals surface area contributed by atoms with Crippen molar-refractivity contribution in [3.05, 3.63) is 0 Å². The van der Waals surface area contributed by atoms with Crippen molar-refractivity contribution in [3.8, 4) is 0 Å². The van der Waals surface area contributed by atoms with E-state index < -0.39 is 0 Å². The molecule has 66 valence electrons. The van der Waals surface area contributed by atoms with E-state index in [2.05, 4.69) is 12.2 Å². The highest BCUT2D eigenvalue weighted by Crippen LogP contribution is 2.30. The van der Waals surface area contributed by atoms with Crippen LogP contribution < -0.4 is 11.1 Å². The summed E-state index contributed by atoms with van der Waals surface area (Å²) in [5.41, 5.74) is 5.90.